The van der Waals surface area contributed by atoms with Gasteiger partial charge in [-0.2, -0.15) is 13.2 Å². The Hall–Kier alpha value is -1.82. The zero-order chi connectivity index (χ0) is 16.3. The zero-order valence-corrected chi connectivity index (χ0v) is 12.6. The van der Waals surface area contributed by atoms with Gasteiger partial charge in [0.05, 0.1) is 5.56 Å². The third-order valence-electron chi connectivity index (χ3n) is 3.42. The zero-order valence-electron chi connectivity index (χ0n) is 12.6. The molecule has 1 aromatic carbocycles. The van der Waals surface area contributed by atoms with Crippen molar-refractivity contribution in [3.8, 4) is 0 Å². The molecule has 0 radical (unpaired) electrons. The topological polar surface area (TPSA) is 41.1 Å². The molecule has 0 atom stereocenters. The molecule has 2 rings (SSSR count). The van der Waals surface area contributed by atoms with Crippen molar-refractivity contribution in [2.75, 3.05) is 13.1 Å². The molecule has 1 heterocycles. The summed E-state index contributed by atoms with van der Waals surface area (Å²) in [7, 11) is 0. The standard InChI is InChI=1S/C16H19F3N2O/c1-10(2)21-15(22)12-3-4-13(11-5-7-20-8-6-11)14(9-12)16(17,18)19/h3-5,9-10,20H,6-8H2,1-2H3,(H,21,22). The Balaban J connectivity index is 2.43. The number of alkyl halides is 3. The molecule has 6 heteroatoms. The van der Waals surface area contributed by atoms with Gasteiger partial charge in [0, 0.05) is 18.2 Å². The van der Waals surface area contributed by atoms with Crippen molar-refractivity contribution in [3.05, 3.63) is 41.0 Å². The SMILES string of the molecule is CC(C)NC(=O)c1ccc(C2=CCNCC2)c(C(F)(F)F)c1. The van der Waals surface area contributed by atoms with Gasteiger partial charge >= 0.3 is 6.18 Å². The molecule has 1 amide bonds. The maximum Gasteiger partial charge on any atom is 0.417 e. The van der Waals surface area contributed by atoms with Gasteiger partial charge in [-0.05, 0) is 50.1 Å². The quantitative estimate of drug-likeness (QED) is 0.900. The van der Waals surface area contributed by atoms with E-state index in [0.29, 0.717) is 25.1 Å². The number of rotatable bonds is 3. The molecule has 3 nitrogen and oxygen atoms in total. The minimum absolute atomic E-state index is 0.0271. The average Bonchev–Trinajstić information content (AvgIpc) is 2.46. The maximum atomic E-state index is 13.3. The van der Waals surface area contributed by atoms with Crippen LogP contribution in [-0.2, 0) is 6.18 Å². The van der Waals surface area contributed by atoms with Crippen LogP contribution in [0.4, 0.5) is 13.2 Å². The van der Waals surface area contributed by atoms with Crippen molar-refractivity contribution in [3.63, 3.8) is 0 Å². The van der Waals surface area contributed by atoms with Crippen molar-refractivity contribution in [1.82, 2.24) is 10.6 Å². The van der Waals surface area contributed by atoms with Gasteiger partial charge in [-0.3, -0.25) is 4.79 Å². The molecule has 0 saturated heterocycles. The smallest absolute Gasteiger partial charge is 0.350 e. The van der Waals surface area contributed by atoms with Crippen LogP contribution in [-0.4, -0.2) is 25.0 Å². The maximum absolute atomic E-state index is 13.3. The molecule has 1 aliphatic rings. The van der Waals surface area contributed by atoms with Gasteiger partial charge in [0.15, 0.2) is 0 Å². The van der Waals surface area contributed by atoms with Gasteiger partial charge in [0.2, 0.25) is 0 Å². The number of amides is 1. The van der Waals surface area contributed by atoms with Crippen LogP contribution in [0.25, 0.3) is 5.57 Å². The molecular formula is C16H19F3N2O. The largest absolute Gasteiger partial charge is 0.417 e. The Morgan fingerprint density at radius 2 is 2.05 bits per heavy atom. The molecule has 0 aliphatic carbocycles. The first-order chi connectivity index (χ1) is 10.3. The van der Waals surface area contributed by atoms with Crippen LogP contribution in [0.3, 0.4) is 0 Å². The Labute approximate surface area is 127 Å². The van der Waals surface area contributed by atoms with Crippen LogP contribution in [0, 0.1) is 0 Å². The van der Waals surface area contributed by atoms with Crippen LogP contribution in [0.5, 0.6) is 0 Å². The molecule has 0 unspecified atom stereocenters. The van der Waals surface area contributed by atoms with E-state index < -0.39 is 17.6 Å². The molecule has 0 fully saturated rings. The lowest BCUT2D eigenvalue weighted by Gasteiger charge is -2.20. The Bertz CT molecular complexity index is 592. The fourth-order valence-corrected chi connectivity index (χ4v) is 2.41. The van der Waals surface area contributed by atoms with Crippen LogP contribution in [0.1, 0.15) is 41.8 Å². The molecular weight excluding hydrogens is 293 g/mol. The summed E-state index contributed by atoms with van der Waals surface area (Å²) in [5, 5.41) is 5.68. The lowest BCUT2D eigenvalue weighted by Crippen LogP contribution is -2.30. The minimum Gasteiger partial charge on any atom is -0.350 e. The average molecular weight is 312 g/mol. The van der Waals surface area contributed by atoms with Crippen LogP contribution >= 0.6 is 0 Å². The highest BCUT2D eigenvalue weighted by molar-refractivity contribution is 5.95. The fraction of sp³-hybridized carbons (Fsp3) is 0.438. The summed E-state index contributed by atoms with van der Waals surface area (Å²) >= 11 is 0. The molecule has 1 aromatic rings. The van der Waals surface area contributed by atoms with E-state index in [1.807, 2.05) is 0 Å². The highest BCUT2D eigenvalue weighted by Gasteiger charge is 2.35. The number of halogens is 3. The van der Waals surface area contributed by atoms with E-state index in [2.05, 4.69) is 10.6 Å². The van der Waals surface area contributed by atoms with Gasteiger partial charge in [-0.1, -0.05) is 12.1 Å². The highest BCUT2D eigenvalue weighted by Crippen LogP contribution is 2.36. The molecule has 120 valence electrons. The lowest BCUT2D eigenvalue weighted by molar-refractivity contribution is -0.137. The number of benzene rings is 1. The Morgan fingerprint density at radius 3 is 2.59 bits per heavy atom. The summed E-state index contributed by atoms with van der Waals surface area (Å²) in [6.07, 6.45) is -2.18. The number of hydrogen-bond acceptors (Lipinski definition) is 2. The van der Waals surface area contributed by atoms with E-state index in [-0.39, 0.29) is 17.2 Å². The number of carbonyl (C=O) groups is 1. The summed E-state index contributed by atoms with van der Waals surface area (Å²) in [5.41, 5.74) is 0.105. The molecule has 0 aromatic heterocycles. The number of carbonyl (C=O) groups excluding carboxylic acids is 1. The number of nitrogens with one attached hydrogen (secondary N) is 2. The first kappa shape index (κ1) is 16.5. The Kier molecular flexibility index (Phi) is 4.90. The molecule has 0 saturated carbocycles. The van der Waals surface area contributed by atoms with Gasteiger partial charge in [-0.25, -0.2) is 0 Å². The minimum atomic E-state index is -4.49. The van der Waals surface area contributed by atoms with E-state index in [4.69, 9.17) is 0 Å². The third-order valence-corrected chi connectivity index (χ3v) is 3.42. The first-order valence-electron chi connectivity index (χ1n) is 7.21. The third kappa shape index (κ3) is 3.88. The summed E-state index contributed by atoms with van der Waals surface area (Å²) in [6, 6.07) is 3.66. The van der Waals surface area contributed by atoms with Gasteiger partial charge in [0.25, 0.3) is 5.91 Å². The summed E-state index contributed by atoms with van der Waals surface area (Å²) in [6.45, 7) is 4.73. The van der Waals surface area contributed by atoms with Gasteiger partial charge in [-0.15, -0.1) is 0 Å². The molecule has 2 N–H and O–H groups in total. The molecule has 0 spiro atoms. The van der Waals surface area contributed by atoms with E-state index in [1.54, 1.807) is 19.9 Å². The first-order valence-corrected chi connectivity index (χ1v) is 7.21. The molecule has 22 heavy (non-hydrogen) atoms. The van der Waals surface area contributed by atoms with Crippen LogP contribution in [0.15, 0.2) is 24.3 Å². The molecule has 0 bridgehead atoms. The Morgan fingerprint density at radius 1 is 1.32 bits per heavy atom. The molecule has 1 aliphatic heterocycles. The monoisotopic (exact) mass is 312 g/mol. The second kappa shape index (κ2) is 6.52. The van der Waals surface area contributed by atoms with Crippen molar-refractivity contribution < 1.29 is 18.0 Å². The normalized spacial score (nSPS) is 15.6. The van der Waals surface area contributed by atoms with E-state index >= 15 is 0 Å². The summed E-state index contributed by atoms with van der Waals surface area (Å²) < 4.78 is 40.0. The van der Waals surface area contributed by atoms with Crippen molar-refractivity contribution in [1.29, 1.82) is 0 Å². The fourth-order valence-electron chi connectivity index (χ4n) is 2.41. The second-order valence-corrected chi connectivity index (χ2v) is 5.57. The van der Waals surface area contributed by atoms with Crippen molar-refractivity contribution >= 4 is 11.5 Å². The van der Waals surface area contributed by atoms with Crippen LogP contribution in [0.2, 0.25) is 0 Å². The van der Waals surface area contributed by atoms with Gasteiger partial charge in [0.1, 0.15) is 0 Å². The highest BCUT2D eigenvalue weighted by atomic mass is 19.4. The second-order valence-electron chi connectivity index (χ2n) is 5.57. The van der Waals surface area contributed by atoms with Crippen molar-refractivity contribution in [2.24, 2.45) is 0 Å². The van der Waals surface area contributed by atoms with Crippen LogP contribution < -0.4 is 10.6 Å². The lowest BCUT2D eigenvalue weighted by atomic mass is 9.93. The predicted molar refractivity (Wildman–Crippen MR) is 79.5 cm³/mol. The number of hydrogen-bond donors (Lipinski definition) is 2. The van der Waals surface area contributed by atoms with E-state index in [0.717, 1.165) is 6.07 Å². The predicted octanol–water partition coefficient (Wildman–Crippen LogP) is 3.22. The van der Waals surface area contributed by atoms with Gasteiger partial charge < -0.3 is 10.6 Å². The summed E-state index contributed by atoms with van der Waals surface area (Å²) in [5.74, 6) is -0.494. The van der Waals surface area contributed by atoms with E-state index in [1.165, 1.54) is 12.1 Å². The summed E-state index contributed by atoms with van der Waals surface area (Å²) in [4.78, 5) is 11.9. The van der Waals surface area contributed by atoms with Crippen molar-refractivity contribution in [2.45, 2.75) is 32.5 Å². The van der Waals surface area contributed by atoms with E-state index in [9.17, 15) is 18.0 Å².